The van der Waals surface area contributed by atoms with Crippen LogP contribution in [0.3, 0.4) is 0 Å². The number of likely N-dealkylation sites (tertiary alicyclic amines) is 1. The minimum Gasteiger partial charge on any atom is -0.338 e. The molecule has 4 heterocycles. The lowest BCUT2D eigenvalue weighted by atomic mass is 9.96. The largest absolute Gasteiger partial charge is 0.338 e. The maximum Gasteiger partial charge on any atom is 0.314 e. The van der Waals surface area contributed by atoms with Crippen molar-refractivity contribution in [1.29, 1.82) is 0 Å². The number of nitrogens with one attached hydrogen (secondary N) is 2. The Morgan fingerprint density at radius 3 is 2.67 bits per heavy atom. The lowest BCUT2D eigenvalue weighted by molar-refractivity contribution is 0.0703. The smallest absolute Gasteiger partial charge is 0.314 e. The SMILES string of the molecule is O=C(c1ccc2[nH]c(=O)c(=O)[nH]c2c1)N1CCCC(c2nnc3n2CCCCC3)C1. The van der Waals surface area contributed by atoms with E-state index in [2.05, 4.69) is 24.7 Å². The van der Waals surface area contributed by atoms with Crippen LogP contribution < -0.4 is 11.1 Å². The van der Waals surface area contributed by atoms with E-state index in [0.29, 0.717) is 29.7 Å². The highest BCUT2D eigenvalue weighted by Gasteiger charge is 2.30. The molecule has 2 aliphatic heterocycles. The van der Waals surface area contributed by atoms with Gasteiger partial charge in [-0.05, 0) is 43.9 Å². The molecule has 2 aliphatic rings. The van der Waals surface area contributed by atoms with Crippen LogP contribution in [-0.2, 0) is 13.0 Å². The Morgan fingerprint density at radius 1 is 0.967 bits per heavy atom. The second kappa shape index (κ2) is 7.55. The van der Waals surface area contributed by atoms with Gasteiger partial charge in [0.05, 0.1) is 11.0 Å². The van der Waals surface area contributed by atoms with E-state index in [1.807, 2.05) is 4.90 Å². The maximum absolute atomic E-state index is 13.2. The first-order chi connectivity index (χ1) is 14.6. The van der Waals surface area contributed by atoms with Gasteiger partial charge in [-0.15, -0.1) is 10.2 Å². The Bertz CT molecular complexity index is 1220. The van der Waals surface area contributed by atoms with Crippen LogP contribution in [0.4, 0.5) is 0 Å². The van der Waals surface area contributed by atoms with E-state index in [9.17, 15) is 14.4 Å². The highest BCUT2D eigenvalue weighted by atomic mass is 16.2. The summed E-state index contributed by atoms with van der Waals surface area (Å²) in [6.45, 7) is 2.26. The predicted octanol–water partition coefficient (Wildman–Crippen LogP) is 1.55. The number of aromatic amines is 2. The van der Waals surface area contributed by atoms with E-state index < -0.39 is 11.1 Å². The minimum atomic E-state index is -0.724. The molecule has 3 aromatic rings. The first-order valence-electron chi connectivity index (χ1n) is 10.6. The van der Waals surface area contributed by atoms with Crippen molar-refractivity contribution in [2.75, 3.05) is 13.1 Å². The Morgan fingerprint density at radius 2 is 1.80 bits per heavy atom. The molecule has 5 rings (SSSR count). The van der Waals surface area contributed by atoms with Gasteiger partial charge in [0.15, 0.2) is 0 Å². The molecule has 0 spiro atoms. The summed E-state index contributed by atoms with van der Waals surface area (Å²) < 4.78 is 2.27. The molecular formula is C21H24N6O3. The standard InChI is InChI=1S/C21H24N6O3/c28-19-20(29)23-16-11-13(7-8-15(16)22-19)21(30)26-9-4-5-14(12-26)18-25-24-17-6-2-1-3-10-27(17)18/h7-8,11,14H,1-6,9-10,12H2,(H,22,28)(H,23,29). The molecule has 156 valence electrons. The van der Waals surface area contributed by atoms with E-state index in [1.165, 1.54) is 6.42 Å². The third-order valence-corrected chi connectivity index (χ3v) is 6.18. The summed E-state index contributed by atoms with van der Waals surface area (Å²) in [5.74, 6) is 2.17. The van der Waals surface area contributed by atoms with Gasteiger partial charge in [-0.3, -0.25) is 14.4 Å². The number of amides is 1. The second-order valence-corrected chi connectivity index (χ2v) is 8.20. The topological polar surface area (TPSA) is 117 Å². The summed E-state index contributed by atoms with van der Waals surface area (Å²) in [5.41, 5.74) is 0.0112. The highest BCUT2D eigenvalue weighted by molar-refractivity contribution is 5.97. The third-order valence-electron chi connectivity index (χ3n) is 6.18. The van der Waals surface area contributed by atoms with Gasteiger partial charge in [0.2, 0.25) is 0 Å². The number of rotatable bonds is 2. The van der Waals surface area contributed by atoms with Crippen LogP contribution in [-0.4, -0.2) is 48.6 Å². The first-order valence-corrected chi connectivity index (χ1v) is 10.6. The second-order valence-electron chi connectivity index (χ2n) is 8.20. The fourth-order valence-corrected chi connectivity index (χ4v) is 4.61. The van der Waals surface area contributed by atoms with E-state index in [-0.39, 0.29) is 11.8 Å². The molecule has 2 aromatic heterocycles. The molecule has 0 saturated carbocycles. The van der Waals surface area contributed by atoms with E-state index in [1.54, 1.807) is 18.2 Å². The van der Waals surface area contributed by atoms with Crippen LogP contribution in [0.1, 0.15) is 60.0 Å². The van der Waals surface area contributed by atoms with Crippen molar-refractivity contribution in [3.05, 3.63) is 56.1 Å². The fourth-order valence-electron chi connectivity index (χ4n) is 4.61. The van der Waals surface area contributed by atoms with Crippen molar-refractivity contribution >= 4 is 16.9 Å². The summed E-state index contributed by atoms with van der Waals surface area (Å²) in [6.07, 6.45) is 6.39. The van der Waals surface area contributed by atoms with E-state index >= 15 is 0 Å². The number of aryl methyl sites for hydroxylation is 1. The van der Waals surface area contributed by atoms with Crippen LogP contribution in [0.25, 0.3) is 11.0 Å². The molecule has 1 atom stereocenters. The number of H-pyrrole nitrogens is 2. The molecule has 9 nitrogen and oxygen atoms in total. The van der Waals surface area contributed by atoms with Gasteiger partial charge in [0, 0.05) is 37.5 Å². The average Bonchev–Trinajstić information content (AvgIpc) is 3.02. The third kappa shape index (κ3) is 3.34. The summed E-state index contributed by atoms with van der Waals surface area (Å²) >= 11 is 0. The highest BCUT2D eigenvalue weighted by Crippen LogP contribution is 2.29. The first kappa shape index (κ1) is 18.8. The Hall–Kier alpha value is -3.23. The van der Waals surface area contributed by atoms with Crippen LogP contribution >= 0.6 is 0 Å². The average molecular weight is 408 g/mol. The fraction of sp³-hybridized carbons (Fsp3) is 0.476. The van der Waals surface area contributed by atoms with Crippen molar-refractivity contribution in [1.82, 2.24) is 29.6 Å². The van der Waals surface area contributed by atoms with Gasteiger partial charge in [0.1, 0.15) is 11.6 Å². The molecule has 1 aromatic carbocycles. The Labute approximate surface area is 172 Å². The maximum atomic E-state index is 13.2. The summed E-state index contributed by atoms with van der Waals surface area (Å²) in [4.78, 5) is 43.2. The van der Waals surface area contributed by atoms with Gasteiger partial charge < -0.3 is 19.4 Å². The molecule has 1 fully saturated rings. The van der Waals surface area contributed by atoms with Gasteiger partial charge in [-0.1, -0.05) is 6.42 Å². The monoisotopic (exact) mass is 408 g/mol. The number of nitrogens with zero attached hydrogens (tertiary/aromatic N) is 4. The number of benzene rings is 1. The van der Waals surface area contributed by atoms with Crippen molar-refractivity contribution in [2.45, 2.75) is 51.0 Å². The molecule has 1 saturated heterocycles. The zero-order valence-electron chi connectivity index (χ0n) is 16.7. The number of fused-ring (bicyclic) bond motifs is 2. The number of piperidine rings is 1. The number of carbonyl (C=O) groups excluding carboxylic acids is 1. The van der Waals surface area contributed by atoms with E-state index in [4.69, 9.17) is 0 Å². The lowest BCUT2D eigenvalue weighted by Gasteiger charge is -2.32. The van der Waals surface area contributed by atoms with Crippen LogP contribution in [0.2, 0.25) is 0 Å². The van der Waals surface area contributed by atoms with Crippen LogP contribution in [0.5, 0.6) is 0 Å². The molecule has 0 aliphatic carbocycles. The molecule has 30 heavy (non-hydrogen) atoms. The molecule has 9 heteroatoms. The van der Waals surface area contributed by atoms with Crippen LogP contribution in [0, 0.1) is 0 Å². The molecule has 2 N–H and O–H groups in total. The van der Waals surface area contributed by atoms with Crippen LogP contribution in [0.15, 0.2) is 27.8 Å². The Balaban J connectivity index is 1.40. The number of hydrogen-bond donors (Lipinski definition) is 2. The van der Waals surface area contributed by atoms with E-state index in [0.717, 1.165) is 50.3 Å². The lowest BCUT2D eigenvalue weighted by Crippen LogP contribution is -2.40. The molecular weight excluding hydrogens is 384 g/mol. The normalized spacial score (nSPS) is 19.5. The zero-order valence-corrected chi connectivity index (χ0v) is 16.7. The summed E-state index contributed by atoms with van der Waals surface area (Å²) in [5, 5.41) is 8.91. The van der Waals surface area contributed by atoms with Crippen molar-refractivity contribution < 1.29 is 4.79 Å². The minimum absolute atomic E-state index is 0.0794. The number of hydrogen-bond acceptors (Lipinski definition) is 5. The van der Waals surface area contributed by atoms with Crippen molar-refractivity contribution in [3.8, 4) is 0 Å². The zero-order chi connectivity index (χ0) is 20.7. The molecule has 0 radical (unpaired) electrons. The molecule has 1 amide bonds. The van der Waals surface area contributed by atoms with Gasteiger partial charge in [-0.2, -0.15) is 0 Å². The quantitative estimate of drug-likeness (QED) is 0.624. The van der Waals surface area contributed by atoms with Gasteiger partial charge >= 0.3 is 11.1 Å². The predicted molar refractivity (Wildman–Crippen MR) is 111 cm³/mol. The molecule has 1 unspecified atom stereocenters. The molecule has 0 bridgehead atoms. The summed E-state index contributed by atoms with van der Waals surface area (Å²) in [6, 6.07) is 4.97. The number of aromatic nitrogens is 5. The van der Waals surface area contributed by atoms with Crippen molar-refractivity contribution in [3.63, 3.8) is 0 Å². The van der Waals surface area contributed by atoms with Gasteiger partial charge in [0.25, 0.3) is 5.91 Å². The Kier molecular flexibility index (Phi) is 4.72. The van der Waals surface area contributed by atoms with Gasteiger partial charge in [-0.25, -0.2) is 0 Å². The number of carbonyl (C=O) groups is 1. The van der Waals surface area contributed by atoms with Crippen molar-refractivity contribution in [2.24, 2.45) is 0 Å². The summed E-state index contributed by atoms with van der Waals surface area (Å²) in [7, 11) is 0.